The number of ether oxygens (including phenoxy) is 3. The van der Waals surface area contributed by atoms with Crippen LogP contribution in [0.1, 0.15) is 10.5 Å². The second kappa shape index (κ2) is 7.74. The minimum Gasteiger partial charge on any atom is -0.497 e. The maximum atomic E-state index is 11.8. The molecule has 0 radical (unpaired) electrons. The lowest BCUT2D eigenvalue weighted by Gasteiger charge is -2.10. The van der Waals surface area contributed by atoms with Crippen molar-refractivity contribution in [3.8, 4) is 11.5 Å². The number of benzene rings is 1. The van der Waals surface area contributed by atoms with Gasteiger partial charge in [0.05, 0.1) is 20.4 Å². The summed E-state index contributed by atoms with van der Waals surface area (Å²) in [6.45, 7) is -0.449. The Kier molecular flexibility index (Phi) is 5.45. The second-order valence-corrected chi connectivity index (χ2v) is 4.32. The molecule has 0 atom stereocenters. The normalized spacial score (nSPS) is 9.83. The highest BCUT2D eigenvalue weighted by atomic mass is 16.5. The fraction of sp³-hybridized carbons (Fsp3) is 0.200. The third kappa shape index (κ3) is 4.67. The third-order valence-corrected chi connectivity index (χ3v) is 2.74. The van der Waals surface area contributed by atoms with Gasteiger partial charge >= 0.3 is 5.97 Å². The van der Waals surface area contributed by atoms with E-state index in [0.717, 1.165) is 0 Å². The van der Waals surface area contributed by atoms with Crippen molar-refractivity contribution in [2.24, 2.45) is 0 Å². The molecule has 0 saturated carbocycles. The largest absolute Gasteiger partial charge is 0.497 e. The van der Waals surface area contributed by atoms with Gasteiger partial charge in [-0.05, 0) is 0 Å². The lowest BCUT2D eigenvalue weighted by Crippen LogP contribution is -2.21. The Morgan fingerprint density at radius 3 is 2.35 bits per heavy atom. The number of methoxy groups -OCH3 is 2. The summed E-state index contributed by atoms with van der Waals surface area (Å²) in [5.41, 5.74) is 0.491. The number of hydrogen-bond donors (Lipinski definition) is 1. The quantitative estimate of drug-likeness (QED) is 0.801. The number of esters is 1. The first-order chi connectivity index (χ1) is 11.1. The van der Waals surface area contributed by atoms with Crippen molar-refractivity contribution in [1.82, 2.24) is 9.97 Å². The molecule has 0 aliphatic heterocycles. The molecular formula is C15H15N3O5. The highest BCUT2D eigenvalue weighted by Gasteiger charge is 2.12. The average Bonchev–Trinajstić information content (AvgIpc) is 2.60. The maximum absolute atomic E-state index is 11.8. The molecule has 0 saturated heterocycles. The number of nitrogens with zero attached hydrogens (tertiary/aromatic N) is 2. The third-order valence-electron chi connectivity index (χ3n) is 2.74. The minimum atomic E-state index is -0.725. The van der Waals surface area contributed by atoms with E-state index in [-0.39, 0.29) is 5.69 Å². The summed E-state index contributed by atoms with van der Waals surface area (Å²) in [6.07, 6.45) is 4.05. The van der Waals surface area contributed by atoms with Crippen LogP contribution < -0.4 is 14.8 Å². The predicted molar refractivity (Wildman–Crippen MR) is 80.5 cm³/mol. The van der Waals surface area contributed by atoms with E-state index in [1.807, 2.05) is 0 Å². The molecule has 0 bridgehead atoms. The molecule has 1 heterocycles. The van der Waals surface area contributed by atoms with Gasteiger partial charge in [0, 0.05) is 36.3 Å². The van der Waals surface area contributed by atoms with Crippen molar-refractivity contribution in [1.29, 1.82) is 0 Å². The summed E-state index contributed by atoms with van der Waals surface area (Å²) < 4.78 is 15.1. The number of hydrogen-bond acceptors (Lipinski definition) is 7. The average molecular weight is 317 g/mol. The smallest absolute Gasteiger partial charge is 0.359 e. The summed E-state index contributed by atoms with van der Waals surface area (Å²) in [4.78, 5) is 31.0. The molecule has 0 unspecified atom stereocenters. The minimum absolute atomic E-state index is 0.0309. The van der Waals surface area contributed by atoms with Crippen molar-refractivity contribution < 1.29 is 23.8 Å². The van der Waals surface area contributed by atoms with Gasteiger partial charge in [-0.2, -0.15) is 0 Å². The Morgan fingerprint density at radius 2 is 1.78 bits per heavy atom. The Morgan fingerprint density at radius 1 is 1.09 bits per heavy atom. The molecule has 0 aliphatic rings. The number of rotatable bonds is 6. The van der Waals surface area contributed by atoms with Crippen LogP contribution in [0.25, 0.3) is 0 Å². The van der Waals surface area contributed by atoms with Gasteiger partial charge in [-0.15, -0.1) is 0 Å². The van der Waals surface area contributed by atoms with Crippen LogP contribution in [0.4, 0.5) is 5.69 Å². The van der Waals surface area contributed by atoms with E-state index in [1.54, 1.807) is 18.2 Å². The first kappa shape index (κ1) is 16.2. The van der Waals surface area contributed by atoms with Crippen molar-refractivity contribution >= 4 is 17.6 Å². The van der Waals surface area contributed by atoms with Gasteiger partial charge in [-0.1, -0.05) is 0 Å². The topological polar surface area (TPSA) is 99.6 Å². The molecule has 2 aromatic rings. The van der Waals surface area contributed by atoms with Gasteiger partial charge in [0.25, 0.3) is 5.91 Å². The molecule has 23 heavy (non-hydrogen) atoms. The lowest BCUT2D eigenvalue weighted by molar-refractivity contribution is -0.119. The molecule has 1 aromatic heterocycles. The van der Waals surface area contributed by atoms with Crippen LogP contribution in [-0.2, 0) is 9.53 Å². The van der Waals surface area contributed by atoms with Crippen LogP contribution >= 0.6 is 0 Å². The molecule has 0 aliphatic carbocycles. The Balaban J connectivity index is 1.93. The van der Waals surface area contributed by atoms with Crippen LogP contribution in [0.15, 0.2) is 36.8 Å². The molecule has 1 N–H and O–H groups in total. The predicted octanol–water partition coefficient (Wildman–Crippen LogP) is 1.29. The van der Waals surface area contributed by atoms with Crippen molar-refractivity contribution in [3.05, 3.63) is 42.5 Å². The number of aromatic nitrogens is 2. The van der Waals surface area contributed by atoms with Gasteiger partial charge in [-0.3, -0.25) is 9.78 Å². The summed E-state index contributed by atoms with van der Waals surface area (Å²) in [5, 5.41) is 2.59. The molecule has 0 fully saturated rings. The Hall–Kier alpha value is -3.16. The SMILES string of the molecule is COc1cc(NC(=O)COC(=O)c2cnccn2)cc(OC)c1. The number of carbonyl (C=O) groups is 2. The highest BCUT2D eigenvalue weighted by Crippen LogP contribution is 2.25. The van der Waals surface area contributed by atoms with E-state index in [1.165, 1.54) is 32.8 Å². The molecule has 8 heteroatoms. The fourth-order valence-electron chi connectivity index (χ4n) is 1.69. The molecule has 0 spiro atoms. The summed E-state index contributed by atoms with van der Waals surface area (Å²) in [7, 11) is 3.01. The van der Waals surface area contributed by atoms with Crippen LogP contribution in [-0.4, -0.2) is 42.7 Å². The van der Waals surface area contributed by atoms with Gasteiger partial charge in [0.15, 0.2) is 12.3 Å². The first-order valence-electron chi connectivity index (χ1n) is 6.58. The van der Waals surface area contributed by atoms with Crippen LogP contribution in [0.3, 0.4) is 0 Å². The van der Waals surface area contributed by atoms with Crippen LogP contribution in [0.2, 0.25) is 0 Å². The van der Waals surface area contributed by atoms with E-state index in [9.17, 15) is 9.59 Å². The van der Waals surface area contributed by atoms with Crippen molar-refractivity contribution in [3.63, 3.8) is 0 Å². The zero-order valence-corrected chi connectivity index (χ0v) is 12.6. The lowest BCUT2D eigenvalue weighted by atomic mass is 10.2. The van der Waals surface area contributed by atoms with E-state index < -0.39 is 18.5 Å². The molecule has 8 nitrogen and oxygen atoms in total. The summed E-state index contributed by atoms with van der Waals surface area (Å²) >= 11 is 0. The monoisotopic (exact) mass is 317 g/mol. The van der Waals surface area contributed by atoms with Crippen LogP contribution in [0.5, 0.6) is 11.5 Å². The molecule has 1 amide bonds. The van der Waals surface area contributed by atoms with Crippen molar-refractivity contribution in [2.45, 2.75) is 0 Å². The molecule has 120 valence electrons. The van der Waals surface area contributed by atoms with Gasteiger partial charge < -0.3 is 19.5 Å². The van der Waals surface area contributed by atoms with E-state index in [0.29, 0.717) is 17.2 Å². The summed E-state index contributed by atoms with van der Waals surface area (Å²) in [5.74, 6) is -0.179. The van der Waals surface area contributed by atoms with Gasteiger partial charge in [0.2, 0.25) is 0 Å². The van der Waals surface area contributed by atoms with Crippen LogP contribution in [0, 0.1) is 0 Å². The molecule has 2 rings (SSSR count). The van der Waals surface area contributed by atoms with E-state index in [2.05, 4.69) is 15.3 Å². The maximum Gasteiger partial charge on any atom is 0.359 e. The number of carbonyl (C=O) groups excluding carboxylic acids is 2. The van der Waals surface area contributed by atoms with E-state index in [4.69, 9.17) is 14.2 Å². The van der Waals surface area contributed by atoms with Gasteiger partial charge in [-0.25, -0.2) is 9.78 Å². The van der Waals surface area contributed by atoms with Gasteiger partial charge in [0.1, 0.15) is 11.5 Å². The standard InChI is InChI=1S/C15H15N3O5/c1-21-11-5-10(6-12(7-11)22-2)18-14(19)9-23-15(20)13-8-16-3-4-17-13/h3-8H,9H2,1-2H3,(H,18,19). The zero-order valence-electron chi connectivity index (χ0n) is 12.6. The first-order valence-corrected chi connectivity index (χ1v) is 6.58. The second-order valence-electron chi connectivity index (χ2n) is 4.32. The number of anilines is 1. The van der Waals surface area contributed by atoms with E-state index >= 15 is 0 Å². The van der Waals surface area contributed by atoms with Crippen molar-refractivity contribution in [2.75, 3.05) is 26.1 Å². The fourth-order valence-corrected chi connectivity index (χ4v) is 1.69. The number of amides is 1. The molecule has 1 aromatic carbocycles. The molecular weight excluding hydrogens is 302 g/mol. The summed E-state index contributed by atoms with van der Waals surface area (Å²) in [6, 6.07) is 4.90. The zero-order chi connectivity index (χ0) is 16.7. The Labute approximate surface area is 132 Å². The Bertz CT molecular complexity index is 669. The number of nitrogens with one attached hydrogen (secondary N) is 1. The highest BCUT2D eigenvalue weighted by molar-refractivity contribution is 5.95.